The van der Waals surface area contributed by atoms with E-state index in [1.807, 2.05) is 6.08 Å². The third-order valence-corrected chi connectivity index (χ3v) is 3.68. The number of anilines is 1. The minimum absolute atomic E-state index is 0.426. The van der Waals surface area contributed by atoms with E-state index in [-0.39, 0.29) is 0 Å². The molecule has 0 aliphatic heterocycles. The average molecular weight is 229 g/mol. The first kappa shape index (κ1) is 9.56. The van der Waals surface area contributed by atoms with Crippen LogP contribution < -0.4 is 4.90 Å². The van der Waals surface area contributed by atoms with E-state index < -0.39 is 0 Å². The fourth-order valence-corrected chi connectivity index (χ4v) is 2.98. The van der Waals surface area contributed by atoms with Crippen molar-refractivity contribution in [2.75, 3.05) is 18.0 Å². The molecule has 0 spiro atoms. The zero-order valence-electron chi connectivity index (χ0n) is 7.58. The van der Waals surface area contributed by atoms with Crippen molar-refractivity contribution in [3.05, 3.63) is 17.2 Å². The van der Waals surface area contributed by atoms with Crippen LogP contribution in [-0.2, 0) is 0 Å². The molecule has 3 heteroatoms. The second-order valence-electron chi connectivity index (χ2n) is 2.43. The van der Waals surface area contributed by atoms with E-state index in [0.29, 0.717) is 14.5 Å². The maximum absolute atomic E-state index is 4.46. The van der Waals surface area contributed by atoms with E-state index in [4.69, 9.17) is 0 Å². The van der Waals surface area contributed by atoms with Gasteiger partial charge in [0.15, 0.2) is 0 Å². The Hall–Kier alpha value is -0.531. The molecule has 1 heterocycles. The third kappa shape index (κ3) is 1.99. The molecule has 0 bridgehead atoms. The van der Waals surface area contributed by atoms with Crippen LogP contribution in [0, 0.1) is 0 Å². The van der Waals surface area contributed by atoms with Gasteiger partial charge in [-0.3, -0.25) is 0 Å². The van der Waals surface area contributed by atoms with Gasteiger partial charge in [-0.15, -0.1) is 0 Å². The van der Waals surface area contributed by atoms with E-state index >= 15 is 0 Å². The zero-order valence-corrected chi connectivity index (χ0v) is 9.29. The Balaban J connectivity index is 2.79. The number of nitrogens with zero attached hydrogens (tertiary/aromatic N) is 2. The first-order valence-electron chi connectivity index (χ1n) is 4.14. The molecule has 1 aromatic heterocycles. The summed E-state index contributed by atoms with van der Waals surface area (Å²) < 4.78 is 1.24. The Labute approximate surface area is 79.7 Å². The Morgan fingerprint density at radius 2 is 2.25 bits per heavy atom. The topological polar surface area (TPSA) is 16.1 Å². The van der Waals surface area contributed by atoms with Gasteiger partial charge in [0.1, 0.15) is 0 Å². The first-order chi connectivity index (χ1) is 5.81. The summed E-state index contributed by atoms with van der Waals surface area (Å²) in [5.74, 6) is 0. The van der Waals surface area contributed by atoms with Gasteiger partial charge >= 0.3 is 79.3 Å². The van der Waals surface area contributed by atoms with Gasteiger partial charge in [0.05, 0.1) is 0 Å². The molecule has 0 atom stereocenters. The molecule has 0 fully saturated rings. The molecule has 12 heavy (non-hydrogen) atoms. The van der Waals surface area contributed by atoms with Crippen LogP contribution in [0.2, 0.25) is 0 Å². The molecular weight excluding hydrogens is 215 g/mol. The van der Waals surface area contributed by atoms with E-state index in [0.717, 1.165) is 18.8 Å². The molecule has 0 unspecified atom stereocenters. The van der Waals surface area contributed by atoms with Crippen molar-refractivity contribution in [1.29, 1.82) is 0 Å². The minimum atomic E-state index is 0.426. The second kappa shape index (κ2) is 4.48. The molecule has 0 radical (unpaired) electrons. The maximum atomic E-state index is 4.46. The molecule has 1 rings (SSSR count). The number of hydrogen-bond donors (Lipinski definition) is 0. The zero-order chi connectivity index (χ0) is 8.97. The van der Waals surface area contributed by atoms with Crippen molar-refractivity contribution in [3.8, 4) is 0 Å². The van der Waals surface area contributed by atoms with Gasteiger partial charge in [-0.25, -0.2) is 0 Å². The molecule has 0 aliphatic rings. The molecule has 0 saturated carbocycles. The van der Waals surface area contributed by atoms with Crippen molar-refractivity contribution in [1.82, 2.24) is 4.98 Å². The average Bonchev–Trinajstić information content (AvgIpc) is 2.55. The summed E-state index contributed by atoms with van der Waals surface area (Å²) in [6.45, 7) is 10.1. The quantitative estimate of drug-likeness (QED) is 0.729. The van der Waals surface area contributed by atoms with Gasteiger partial charge in [-0.2, -0.15) is 0 Å². The van der Waals surface area contributed by atoms with Crippen molar-refractivity contribution in [2.45, 2.75) is 13.8 Å². The van der Waals surface area contributed by atoms with Crippen LogP contribution in [0.3, 0.4) is 0 Å². The van der Waals surface area contributed by atoms with Crippen LogP contribution in [0.5, 0.6) is 0 Å². The molecule has 66 valence electrons. The normalized spacial score (nSPS) is 9.83. The standard InChI is InChI=1S/C9H14N2Se/c1-4-8-7-12-9(10-8)11(5-2)6-3/h4,7H,1,5-6H2,2-3H3. The van der Waals surface area contributed by atoms with Gasteiger partial charge in [0.25, 0.3) is 0 Å². The van der Waals surface area contributed by atoms with E-state index in [2.05, 4.69) is 35.3 Å². The molecule has 0 amide bonds. The SMILES string of the molecule is C=Cc1c[se]c(N(CC)CC)n1. The van der Waals surface area contributed by atoms with Crippen LogP contribution >= 0.6 is 0 Å². The van der Waals surface area contributed by atoms with E-state index in [1.165, 1.54) is 4.69 Å². The molecule has 0 aromatic carbocycles. The molecule has 0 N–H and O–H groups in total. The fraction of sp³-hybridized carbons (Fsp3) is 0.444. The van der Waals surface area contributed by atoms with Crippen LogP contribution in [-0.4, -0.2) is 32.6 Å². The van der Waals surface area contributed by atoms with Crippen LogP contribution in [0.15, 0.2) is 11.5 Å². The number of aromatic nitrogens is 1. The molecule has 1 aromatic rings. The van der Waals surface area contributed by atoms with Gasteiger partial charge in [-0.1, -0.05) is 0 Å². The summed E-state index contributed by atoms with van der Waals surface area (Å²) in [5.41, 5.74) is 1.04. The van der Waals surface area contributed by atoms with Gasteiger partial charge in [0.2, 0.25) is 0 Å². The van der Waals surface area contributed by atoms with Crippen molar-refractivity contribution >= 4 is 25.3 Å². The Morgan fingerprint density at radius 1 is 1.58 bits per heavy atom. The summed E-state index contributed by atoms with van der Waals surface area (Å²) >= 11 is 0.426. The van der Waals surface area contributed by atoms with Gasteiger partial charge in [0, 0.05) is 0 Å². The van der Waals surface area contributed by atoms with E-state index in [1.54, 1.807) is 0 Å². The van der Waals surface area contributed by atoms with Crippen LogP contribution in [0.4, 0.5) is 4.69 Å². The van der Waals surface area contributed by atoms with Crippen LogP contribution in [0.1, 0.15) is 19.5 Å². The molecule has 2 nitrogen and oxygen atoms in total. The summed E-state index contributed by atoms with van der Waals surface area (Å²) in [5, 5.41) is 0. The number of hydrogen-bond acceptors (Lipinski definition) is 2. The third-order valence-electron chi connectivity index (χ3n) is 1.75. The van der Waals surface area contributed by atoms with Gasteiger partial charge in [-0.05, 0) is 0 Å². The molecule has 0 saturated heterocycles. The summed E-state index contributed by atoms with van der Waals surface area (Å²) in [6.07, 6.45) is 1.82. The fourth-order valence-electron chi connectivity index (χ4n) is 1.01. The summed E-state index contributed by atoms with van der Waals surface area (Å²) in [6, 6.07) is 0. The van der Waals surface area contributed by atoms with Crippen molar-refractivity contribution < 1.29 is 0 Å². The van der Waals surface area contributed by atoms with E-state index in [9.17, 15) is 0 Å². The predicted octanol–water partition coefficient (Wildman–Crippen LogP) is 1.63. The predicted molar refractivity (Wildman–Crippen MR) is 54.8 cm³/mol. The first-order valence-corrected chi connectivity index (χ1v) is 5.99. The molecular formula is C9H14N2Se. The monoisotopic (exact) mass is 230 g/mol. The Bertz CT molecular complexity index is 251. The van der Waals surface area contributed by atoms with Crippen molar-refractivity contribution in [2.24, 2.45) is 0 Å². The number of rotatable bonds is 4. The Kier molecular flexibility index (Phi) is 3.57. The Morgan fingerprint density at radius 3 is 2.67 bits per heavy atom. The van der Waals surface area contributed by atoms with Gasteiger partial charge < -0.3 is 0 Å². The van der Waals surface area contributed by atoms with Crippen molar-refractivity contribution in [3.63, 3.8) is 0 Å². The molecule has 0 aliphatic carbocycles. The van der Waals surface area contributed by atoms with Crippen LogP contribution in [0.25, 0.3) is 6.08 Å². The summed E-state index contributed by atoms with van der Waals surface area (Å²) in [7, 11) is 0. The summed E-state index contributed by atoms with van der Waals surface area (Å²) in [4.78, 5) is 8.93. The second-order valence-corrected chi connectivity index (χ2v) is 4.19.